The fraction of sp³-hybridized carbons (Fsp3) is 0.438. The van der Waals surface area contributed by atoms with Gasteiger partial charge in [-0.15, -0.1) is 0 Å². The zero-order valence-electron chi connectivity index (χ0n) is 13.0. The van der Waals surface area contributed by atoms with E-state index in [9.17, 15) is 4.79 Å². The molecule has 2 aromatic rings. The SMILES string of the molecule is Cc1cccnc1N1CCN(C(=O)CCc2cc(Cl)no2)CC1. The van der Waals surface area contributed by atoms with E-state index in [1.165, 1.54) is 0 Å². The number of rotatable bonds is 4. The van der Waals surface area contributed by atoms with Gasteiger partial charge in [-0.2, -0.15) is 0 Å². The molecule has 0 spiro atoms. The van der Waals surface area contributed by atoms with Crippen molar-refractivity contribution in [3.63, 3.8) is 0 Å². The van der Waals surface area contributed by atoms with E-state index in [1.54, 1.807) is 6.07 Å². The van der Waals surface area contributed by atoms with Crippen LogP contribution in [0.1, 0.15) is 17.7 Å². The highest BCUT2D eigenvalue weighted by Gasteiger charge is 2.22. The molecule has 0 unspecified atom stereocenters. The van der Waals surface area contributed by atoms with Crippen LogP contribution in [0.4, 0.5) is 5.82 Å². The van der Waals surface area contributed by atoms with Crippen LogP contribution < -0.4 is 4.90 Å². The highest BCUT2D eigenvalue weighted by molar-refractivity contribution is 6.29. The molecule has 0 radical (unpaired) electrons. The maximum Gasteiger partial charge on any atom is 0.223 e. The largest absolute Gasteiger partial charge is 0.360 e. The molecule has 0 atom stereocenters. The molecule has 0 aromatic carbocycles. The number of hydrogen-bond donors (Lipinski definition) is 0. The second-order valence-corrected chi connectivity index (χ2v) is 6.01. The van der Waals surface area contributed by atoms with Crippen LogP contribution in [-0.2, 0) is 11.2 Å². The van der Waals surface area contributed by atoms with E-state index in [-0.39, 0.29) is 5.91 Å². The average molecular weight is 335 g/mol. The van der Waals surface area contributed by atoms with E-state index in [0.29, 0.717) is 36.8 Å². The average Bonchev–Trinajstić information content (AvgIpc) is 2.99. The molecule has 0 bridgehead atoms. The quantitative estimate of drug-likeness (QED) is 0.858. The smallest absolute Gasteiger partial charge is 0.223 e. The van der Waals surface area contributed by atoms with Crippen molar-refractivity contribution < 1.29 is 9.32 Å². The van der Waals surface area contributed by atoms with E-state index >= 15 is 0 Å². The Morgan fingerprint density at radius 1 is 1.35 bits per heavy atom. The number of aryl methyl sites for hydroxylation is 2. The first kappa shape index (κ1) is 15.8. The Kier molecular flexibility index (Phi) is 4.81. The lowest BCUT2D eigenvalue weighted by Gasteiger charge is -2.36. The van der Waals surface area contributed by atoms with E-state index in [2.05, 4.69) is 28.0 Å². The molecule has 1 saturated heterocycles. The number of aromatic nitrogens is 2. The number of halogens is 1. The normalized spacial score (nSPS) is 15.0. The Bertz CT molecular complexity index is 680. The minimum absolute atomic E-state index is 0.134. The zero-order valence-corrected chi connectivity index (χ0v) is 13.8. The summed E-state index contributed by atoms with van der Waals surface area (Å²) in [5.74, 6) is 1.79. The molecule has 1 aliphatic heterocycles. The molecule has 3 heterocycles. The van der Waals surface area contributed by atoms with E-state index in [1.807, 2.05) is 17.2 Å². The van der Waals surface area contributed by atoms with Crippen molar-refractivity contribution in [2.45, 2.75) is 19.8 Å². The zero-order chi connectivity index (χ0) is 16.2. The number of piperazine rings is 1. The van der Waals surface area contributed by atoms with Gasteiger partial charge in [-0.1, -0.05) is 22.8 Å². The number of amides is 1. The molecule has 6 nitrogen and oxygen atoms in total. The summed E-state index contributed by atoms with van der Waals surface area (Å²) in [5.41, 5.74) is 1.16. The second kappa shape index (κ2) is 7.00. The first-order valence-corrected chi connectivity index (χ1v) is 8.07. The first-order valence-electron chi connectivity index (χ1n) is 7.69. The van der Waals surface area contributed by atoms with Crippen LogP contribution >= 0.6 is 11.6 Å². The van der Waals surface area contributed by atoms with Crippen LogP contribution in [0.5, 0.6) is 0 Å². The minimum Gasteiger partial charge on any atom is -0.360 e. The molecule has 0 N–H and O–H groups in total. The molecular formula is C16H19ClN4O2. The van der Waals surface area contributed by atoms with Gasteiger partial charge in [0.1, 0.15) is 11.6 Å². The van der Waals surface area contributed by atoms with Gasteiger partial charge in [-0.3, -0.25) is 4.79 Å². The van der Waals surface area contributed by atoms with Crippen molar-refractivity contribution in [3.8, 4) is 0 Å². The van der Waals surface area contributed by atoms with Crippen LogP contribution in [-0.4, -0.2) is 47.1 Å². The lowest BCUT2D eigenvalue weighted by Crippen LogP contribution is -2.49. The fourth-order valence-corrected chi connectivity index (χ4v) is 2.93. The van der Waals surface area contributed by atoms with Crippen molar-refractivity contribution in [1.82, 2.24) is 15.0 Å². The Morgan fingerprint density at radius 2 is 2.13 bits per heavy atom. The summed E-state index contributed by atoms with van der Waals surface area (Å²) >= 11 is 5.70. The summed E-state index contributed by atoms with van der Waals surface area (Å²) in [7, 11) is 0. The molecular weight excluding hydrogens is 316 g/mol. The molecule has 0 saturated carbocycles. The number of hydrogen-bond acceptors (Lipinski definition) is 5. The molecule has 122 valence electrons. The maximum atomic E-state index is 12.3. The van der Waals surface area contributed by atoms with Gasteiger partial charge in [0, 0.05) is 51.3 Å². The summed E-state index contributed by atoms with van der Waals surface area (Å²) < 4.78 is 5.02. The molecule has 3 rings (SSSR count). The molecule has 7 heteroatoms. The van der Waals surface area contributed by atoms with Crippen LogP contribution in [0.25, 0.3) is 0 Å². The summed E-state index contributed by atoms with van der Waals surface area (Å²) in [6.07, 6.45) is 2.74. The lowest BCUT2D eigenvalue weighted by atomic mass is 10.2. The third-order valence-corrected chi connectivity index (χ3v) is 4.21. The number of anilines is 1. The van der Waals surface area contributed by atoms with Gasteiger partial charge in [0.15, 0.2) is 5.15 Å². The molecule has 1 aliphatic rings. The standard InChI is InChI=1S/C16H19ClN4O2/c1-12-3-2-6-18-16(12)21-9-7-20(8-10-21)15(22)5-4-13-11-14(17)19-23-13/h2-3,6,11H,4-5,7-10H2,1H3. The molecule has 1 amide bonds. The molecule has 2 aromatic heterocycles. The highest BCUT2D eigenvalue weighted by Crippen LogP contribution is 2.18. The summed E-state index contributed by atoms with van der Waals surface area (Å²) in [6.45, 7) is 5.09. The third-order valence-electron chi connectivity index (χ3n) is 4.03. The van der Waals surface area contributed by atoms with Gasteiger partial charge >= 0.3 is 0 Å². The summed E-state index contributed by atoms with van der Waals surface area (Å²) in [4.78, 5) is 20.9. The first-order chi connectivity index (χ1) is 11.1. The number of carbonyl (C=O) groups excluding carboxylic acids is 1. The van der Waals surface area contributed by atoms with Crippen LogP contribution in [0.15, 0.2) is 28.9 Å². The summed E-state index contributed by atoms with van der Waals surface area (Å²) in [5, 5.41) is 3.94. The fourth-order valence-electron chi connectivity index (χ4n) is 2.77. The molecule has 0 aliphatic carbocycles. The van der Waals surface area contributed by atoms with Crippen molar-refractivity contribution >= 4 is 23.3 Å². The van der Waals surface area contributed by atoms with E-state index < -0.39 is 0 Å². The molecule has 23 heavy (non-hydrogen) atoms. The second-order valence-electron chi connectivity index (χ2n) is 5.63. The van der Waals surface area contributed by atoms with Crippen molar-refractivity contribution in [3.05, 3.63) is 40.9 Å². The molecule has 1 fully saturated rings. The topological polar surface area (TPSA) is 62.5 Å². The van der Waals surface area contributed by atoms with E-state index in [4.69, 9.17) is 16.1 Å². The number of nitrogens with zero attached hydrogens (tertiary/aromatic N) is 4. The summed E-state index contributed by atoms with van der Waals surface area (Å²) in [6, 6.07) is 5.65. The maximum absolute atomic E-state index is 12.3. The van der Waals surface area contributed by atoms with Gasteiger partial charge in [0.2, 0.25) is 5.91 Å². The van der Waals surface area contributed by atoms with Crippen LogP contribution in [0, 0.1) is 6.92 Å². The van der Waals surface area contributed by atoms with Crippen LogP contribution in [0.2, 0.25) is 5.15 Å². The van der Waals surface area contributed by atoms with Gasteiger partial charge in [0.25, 0.3) is 0 Å². The van der Waals surface area contributed by atoms with Crippen LogP contribution in [0.3, 0.4) is 0 Å². The van der Waals surface area contributed by atoms with Gasteiger partial charge in [-0.25, -0.2) is 4.98 Å². The van der Waals surface area contributed by atoms with Gasteiger partial charge < -0.3 is 14.3 Å². The number of carbonyl (C=O) groups is 1. The Morgan fingerprint density at radius 3 is 2.78 bits per heavy atom. The predicted octanol–water partition coefficient (Wildman–Crippen LogP) is 2.31. The highest BCUT2D eigenvalue weighted by atomic mass is 35.5. The Labute approximate surface area is 140 Å². The third kappa shape index (κ3) is 3.82. The van der Waals surface area contributed by atoms with Crippen molar-refractivity contribution in [2.75, 3.05) is 31.1 Å². The Hall–Kier alpha value is -2.08. The lowest BCUT2D eigenvalue weighted by molar-refractivity contribution is -0.131. The predicted molar refractivity (Wildman–Crippen MR) is 87.6 cm³/mol. The minimum atomic E-state index is 0.134. The van der Waals surface area contributed by atoms with Gasteiger partial charge in [-0.05, 0) is 18.6 Å². The monoisotopic (exact) mass is 334 g/mol. The van der Waals surface area contributed by atoms with Crippen molar-refractivity contribution in [2.24, 2.45) is 0 Å². The van der Waals surface area contributed by atoms with Crippen molar-refractivity contribution in [1.29, 1.82) is 0 Å². The number of pyridine rings is 1. The Balaban J connectivity index is 1.50. The van der Waals surface area contributed by atoms with Gasteiger partial charge in [0.05, 0.1) is 0 Å². The van der Waals surface area contributed by atoms with E-state index in [0.717, 1.165) is 24.5 Å².